The van der Waals surface area contributed by atoms with E-state index in [2.05, 4.69) is 46.8 Å². The Bertz CT molecular complexity index is 1570. The number of rotatable bonds is 21. The molecule has 2 amide bonds. The lowest BCUT2D eigenvalue weighted by Crippen LogP contribution is -2.56. The topological polar surface area (TPSA) is 152 Å². The zero-order chi connectivity index (χ0) is 36.4. The number of benzene rings is 2. The van der Waals surface area contributed by atoms with Gasteiger partial charge in [0.05, 0.1) is 37.6 Å². The number of unbranched alkanes of at least 4 members (excludes halogenated alkanes) is 1. The van der Waals surface area contributed by atoms with Crippen LogP contribution in [0.3, 0.4) is 0 Å². The van der Waals surface area contributed by atoms with Gasteiger partial charge in [0.1, 0.15) is 24.1 Å². The number of amides is 2. The van der Waals surface area contributed by atoms with Crippen molar-refractivity contribution < 1.29 is 39.1 Å². The first-order valence-electron chi connectivity index (χ1n) is 17.9. The molecule has 1 aromatic heterocycles. The van der Waals surface area contributed by atoms with Gasteiger partial charge in [0.25, 0.3) is 0 Å². The zero-order valence-electron chi connectivity index (χ0n) is 29.7. The zero-order valence-corrected chi connectivity index (χ0v) is 30.5. The minimum atomic E-state index is -1.31. The van der Waals surface area contributed by atoms with Crippen molar-refractivity contribution in [3.8, 4) is 16.9 Å². The Labute approximate surface area is 305 Å². The van der Waals surface area contributed by atoms with Gasteiger partial charge in [-0.3, -0.25) is 4.98 Å². The smallest absolute Gasteiger partial charge is 0.315 e. The summed E-state index contributed by atoms with van der Waals surface area (Å²) < 4.78 is 23.2. The van der Waals surface area contributed by atoms with E-state index >= 15 is 0 Å². The van der Waals surface area contributed by atoms with Gasteiger partial charge in [-0.15, -0.1) is 0 Å². The molecule has 2 aliphatic carbocycles. The number of carbonyl (C=O) groups excluding carboxylic acids is 1. The Morgan fingerprint density at radius 2 is 1.86 bits per heavy atom. The molecule has 0 aliphatic heterocycles. The summed E-state index contributed by atoms with van der Waals surface area (Å²) in [5, 5.41) is 36.0. The number of methoxy groups -OCH3 is 2. The monoisotopic (exact) mass is 725 g/mol. The number of nitrogens with zero attached hydrogens (tertiary/aromatic N) is 1. The SMILES string of the molecule is COC[C@H](NC(=O)NCCCC[C@@H](C)c1ccc(Cl)c(COC2(c3cnccc3-c3ccccc3OC3CC3)CC2)c1)[C@@H](O)[C@H](OC)[C@H](O)CO. The van der Waals surface area contributed by atoms with Crippen LogP contribution in [0.25, 0.3) is 11.1 Å². The Morgan fingerprint density at radius 1 is 1.08 bits per heavy atom. The lowest BCUT2D eigenvalue weighted by atomic mass is 9.94. The highest BCUT2D eigenvalue weighted by molar-refractivity contribution is 6.31. The molecule has 0 spiro atoms. The Hall–Kier alpha value is -3.29. The second-order valence-electron chi connectivity index (χ2n) is 13.7. The first kappa shape index (κ1) is 38.9. The second kappa shape index (κ2) is 18.5. The molecule has 0 bridgehead atoms. The average molecular weight is 726 g/mol. The first-order valence-corrected chi connectivity index (χ1v) is 18.2. The molecule has 1 heterocycles. The number of hydrogen-bond donors (Lipinski definition) is 5. The number of pyridine rings is 1. The van der Waals surface area contributed by atoms with Crippen LogP contribution in [-0.2, 0) is 26.4 Å². The van der Waals surface area contributed by atoms with Crippen molar-refractivity contribution in [2.75, 3.05) is 34.0 Å². The molecule has 0 saturated heterocycles. The van der Waals surface area contributed by atoms with Crippen LogP contribution in [0, 0.1) is 0 Å². The van der Waals surface area contributed by atoms with Crippen LogP contribution in [0.4, 0.5) is 4.79 Å². The molecule has 278 valence electrons. The van der Waals surface area contributed by atoms with Crippen LogP contribution in [0.15, 0.2) is 60.9 Å². The minimum absolute atomic E-state index is 0.00593. The lowest BCUT2D eigenvalue weighted by Gasteiger charge is -2.31. The van der Waals surface area contributed by atoms with Gasteiger partial charge in [-0.2, -0.15) is 0 Å². The van der Waals surface area contributed by atoms with Gasteiger partial charge >= 0.3 is 6.03 Å². The number of urea groups is 1. The van der Waals surface area contributed by atoms with E-state index in [-0.39, 0.29) is 12.5 Å². The van der Waals surface area contributed by atoms with Crippen LogP contribution in [0.5, 0.6) is 5.75 Å². The molecular weight excluding hydrogens is 674 g/mol. The van der Waals surface area contributed by atoms with Gasteiger partial charge in [0.2, 0.25) is 0 Å². The Morgan fingerprint density at radius 3 is 2.57 bits per heavy atom. The van der Waals surface area contributed by atoms with E-state index in [9.17, 15) is 20.1 Å². The molecule has 5 atom stereocenters. The molecule has 2 aliphatic rings. The lowest BCUT2D eigenvalue weighted by molar-refractivity contribution is -0.109. The van der Waals surface area contributed by atoms with Crippen LogP contribution < -0.4 is 15.4 Å². The standard InChI is InChI=1S/C39H52ClN3O8/c1-25(8-6-7-18-42-38(47)43-33(24-48-2)36(46)37(49-3)34(45)22-44)26-11-14-32(40)27(20-26)23-50-39(16-17-39)31-21-41-19-15-29(31)30-9-4-5-10-35(30)51-28-12-13-28/h4-5,9-11,14-15,19-21,25,28,33-34,36-37,44-46H,6-8,12-13,16-18,22-24H2,1-3H3,(H2,42,43,47)/t25-,33+,34-,36-,37-/m1/s1. The molecule has 5 rings (SSSR count). The number of para-hydroxylation sites is 1. The third-order valence-electron chi connectivity index (χ3n) is 9.75. The summed E-state index contributed by atoms with van der Waals surface area (Å²) >= 11 is 6.69. The normalized spacial score (nSPS) is 17.9. The fourth-order valence-corrected chi connectivity index (χ4v) is 6.58. The van der Waals surface area contributed by atoms with Crippen LogP contribution >= 0.6 is 11.6 Å². The van der Waals surface area contributed by atoms with Gasteiger partial charge in [-0.05, 0) is 79.3 Å². The molecule has 11 nitrogen and oxygen atoms in total. The van der Waals surface area contributed by atoms with E-state index in [4.69, 9.17) is 30.5 Å². The van der Waals surface area contributed by atoms with Crippen molar-refractivity contribution in [3.63, 3.8) is 0 Å². The summed E-state index contributed by atoms with van der Waals surface area (Å²) in [6, 6.07) is 15.1. The quantitative estimate of drug-likeness (QED) is 0.0902. The summed E-state index contributed by atoms with van der Waals surface area (Å²) in [5.41, 5.74) is 4.92. The van der Waals surface area contributed by atoms with Gasteiger partial charge in [0.15, 0.2) is 0 Å². The van der Waals surface area contributed by atoms with Crippen LogP contribution in [0.2, 0.25) is 5.02 Å². The van der Waals surface area contributed by atoms with E-state index in [0.29, 0.717) is 24.3 Å². The van der Waals surface area contributed by atoms with Gasteiger partial charge < -0.3 is 44.9 Å². The predicted molar refractivity (Wildman–Crippen MR) is 195 cm³/mol. The third-order valence-corrected chi connectivity index (χ3v) is 10.1. The number of aliphatic hydroxyl groups excluding tert-OH is 3. The van der Waals surface area contributed by atoms with Gasteiger partial charge in [-0.1, -0.05) is 55.3 Å². The van der Waals surface area contributed by atoms with E-state index in [1.165, 1.54) is 19.8 Å². The molecule has 12 heteroatoms. The Balaban J connectivity index is 1.12. The first-order chi connectivity index (χ1) is 24.7. The number of carbonyl (C=O) groups is 1. The molecule has 3 aromatic rings. The summed E-state index contributed by atoms with van der Waals surface area (Å²) in [7, 11) is 2.75. The maximum absolute atomic E-state index is 12.6. The van der Waals surface area contributed by atoms with Crippen molar-refractivity contribution in [2.24, 2.45) is 0 Å². The van der Waals surface area contributed by atoms with E-state index in [1.54, 1.807) is 0 Å². The summed E-state index contributed by atoms with van der Waals surface area (Å²) in [5.74, 6) is 1.16. The maximum Gasteiger partial charge on any atom is 0.315 e. The van der Waals surface area contributed by atoms with E-state index < -0.39 is 42.6 Å². The molecule has 0 unspecified atom stereocenters. The Kier molecular flexibility index (Phi) is 14.1. The fourth-order valence-electron chi connectivity index (χ4n) is 6.41. The second-order valence-corrected chi connectivity index (χ2v) is 14.1. The number of halogens is 1. The summed E-state index contributed by atoms with van der Waals surface area (Å²) in [6.07, 6.45) is 6.91. The molecule has 5 N–H and O–H groups in total. The highest BCUT2D eigenvalue weighted by atomic mass is 35.5. The van der Waals surface area contributed by atoms with Crippen molar-refractivity contribution >= 4 is 17.6 Å². The van der Waals surface area contributed by atoms with Crippen molar-refractivity contribution in [2.45, 2.75) is 100 Å². The highest BCUT2D eigenvalue weighted by Gasteiger charge is 2.48. The van der Waals surface area contributed by atoms with Crippen LogP contribution in [-0.4, -0.2) is 90.8 Å². The largest absolute Gasteiger partial charge is 0.490 e. The highest BCUT2D eigenvalue weighted by Crippen LogP contribution is 2.53. The number of hydrogen-bond acceptors (Lipinski definition) is 9. The number of nitrogens with one attached hydrogen (secondary N) is 2. The van der Waals surface area contributed by atoms with Crippen molar-refractivity contribution in [3.05, 3.63) is 82.6 Å². The van der Waals surface area contributed by atoms with Gasteiger partial charge in [-0.25, -0.2) is 4.79 Å². The molecule has 2 saturated carbocycles. The summed E-state index contributed by atoms with van der Waals surface area (Å²) in [6.45, 7) is 2.41. The average Bonchev–Trinajstić information content (AvgIpc) is 4.09. The maximum atomic E-state index is 12.6. The molecule has 2 fully saturated rings. The molecule has 0 radical (unpaired) electrons. The predicted octanol–water partition coefficient (Wildman–Crippen LogP) is 5.47. The molecule has 2 aromatic carbocycles. The number of ether oxygens (including phenoxy) is 4. The fraction of sp³-hybridized carbons (Fsp3) is 0.538. The van der Waals surface area contributed by atoms with E-state index in [1.807, 2.05) is 36.7 Å². The number of aliphatic hydroxyl groups is 3. The summed E-state index contributed by atoms with van der Waals surface area (Å²) in [4.78, 5) is 17.0. The van der Waals surface area contributed by atoms with E-state index in [0.717, 1.165) is 72.9 Å². The van der Waals surface area contributed by atoms with Crippen molar-refractivity contribution in [1.29, 1.82) is 0 Å². The number of aromatic nitrogens is 1. The minimum Gasteiger partial charge on any atom is -0.490 e. The molecular formula is C39H52ClN3O8. The third kappa shape index (κ3) is 10.4. The van der Waals surface area contributed by atoms with Gasteiger partial charge in [0, 0.05) is 49.3 Å². The van der Waals surface area contributed by atoms with Crippen molar-refractivity contribution in [1.82, 2.24) is 15.6 Å². The van der Waals surface area contributed by atoms with Crippen LogP contribution in [0.1, 0.15) is 74.5 Å². The molecule has 51 heavy (non-hydrogen) atoms.